The van der Waals surface area contributed by atoms with Gasteiger partial charge in [0, 0.05) is 33.1 Å². The van der Waals surface area contributed by atoms with Gasteiger partial charge in [-0.1, -0.05) is 6.42 Å². The van der Waals surface area contributed by atoms with Crippen molar-refractivity contribution >= 4 is 24.2 Å². The summed E-state index contributed by atoms with van der Waals surface area (Å²) in [6.45, 7) is 5.23. The fourth-order valence-corrected chi connectivity index (χ4v) is 2.52. The lowest BCUT2D eigenvalue weighted by atomic mass is 10.0. The third kappa shape index (κ3) is 3.59. The SMILES string of the molecule is CC(=O)N1CCN(C(=O)C2CCCCN2)CC1.Cl. The van der Waals surface area contributed by atoms with Crippen molar-refractivity contribution in [2.45, 2.75) is 32.2 Å². The van der Waals surface area contributed by atoms with Crippen LogP contribution in [-0.2, 0) is 9.59 Å². The lowest BCUT2D eigenvalue weighted by molar-refractivity contribution is -0.140. The Morgan fingerprint density at radius 2 is 1.67 bits per heavy atom. The largest absolute Gasteiger partial charge is 0.339 e. The second-order valence-corrected chi connectivity index (χ2v) is 4.83. The van der Waals surface area contributed by atoms with Gasteiger partial charge < -0.3 is 15.1 Å². The average Bonchev–Trinajstić information content (AvgIpc) is 2.39. The van der Waals surface area contributed by atoms with Gasteiger partial charge in [-0.2, -0.15) is 0 Å². The van der Waals surface area contributed by atoms with Crippen LogP contribution in [0.15, 0.2) is 0 Å². The number of nitrogens with one attached hydrogen (secondary N) is 1. The van der Waals surface area contributed by atoms with Gasteiger partial charge in [-0.05, 0) is 19.4 Å². The number of halogens is 1. The zero-order valence-corrected chi connectivity index (χ0v) is 11.7. The molecule has 6 heteroatoms. The molecule has 5 nitrogen and oxygen atoms in total. The van der Waals surface area contributed by atoms with Crippen LogP contribution < -0.4 is 5.32 Å². The fourth-order valence-electron chi connectivity index (χ4n) is 2.52. The van der Waals surface area contributed by atoms with E-state index in [-0.39, 0.29) is 30.3 Å². The molecule has 0 saturated carbocycles. The van der Waals surface area contributed by atoms with E-state index < -0.39 is 0 Å². The standard InChI is InChI=1S/C12H21N3O2.ClH/c1-10(16)14-6-8-15(9-7-14)12(17)11-4-2-3-5-13-11;/h11,13H,2-9H2,1H3;1H. The highest BCUT2D eigenvalue weighted by molar-refractivity contribution is 5.85. The number of carbonyl (C=O) groups excluding carboxylic acids is 2. The number of piperazine rings is 1. The Balaban J connectivity index is 0.00000162. The van der Waals surface area contributed by atoms with E-state index in [1.807, 2.05) is 4.90 Å². The summed E-state index contributed by atoms with van der Waals surface area (Å²) >= 11 is 0. The van der Waals surface area contributed by atoms with E-state index in [0.717, 1.165) is 19.4 Å². The van der Waals surface area contributed by atoms with Gasteiger partial charge >= 0.3 is 0 Å². The molecular formula is C12H22ClN3O2. The Morgan fingerprint density at radius 1 is 1.06 bits per heavy atom. The summed E-state index contributed by atoms with van der Waals surface area (Å²) in [5.41, 5.74) is 0. The van der Waals surface area contributed by atoms with Gasteiger partial charge in [-0.25, -0.2) is 0 Å². The maximum Gasteiger partial charge on any atom is 0.239 e. The molecule has 2 aliphatic heterocycles. The van der Waals surface area contributed by atoms with Crippen molar-refractivity contribution in [3.05, 3.63) is 0 Å². The fraction of sp³-hybridized carbons (Fsp3) is 0.833. The third-order valence-corrected chi connectivity index (χ3v) is 3.65. The topological polar surface area (TPSA) is 52.7 Å². The molecule has 1 atom stereocenters. The monoisotopic (exact) mass is 275 g/mol. The van der Waals surface area contributed by atoms with Crippen LogP contribution in [0.25, 0.3) is 0 Å². The number of hydrogen-bond acceptors (Lipinski definition) is 3. The summed E-state index contributed by atoms with van der Waals surface area (Å²) in [6, 6.07) is 0.00706. The predicted molar refractivity (Wildman–Crippen MR) is 71.7 cm³/mol. The van der Waals surface area contributed by atoms with E-state index in [1.165, 1.54) is 6.42 Å². The minimum absolute atomic E-state index is 0. The minimum Gasteiger partial charge on any atom is -0.339 e. The molecule has 2 rings (SSSR count). The van der Waals surface area contributed by atoms with Gasteiger partial charge in [-0.15, -0.1) is 12.4 Å². The zero-order valence-electron chi connectivity index (χ0n) is 10.9. The molecular weight excluding hydrogens is 254 g/mol. The van der Waals surface area contributed by atoms with E-state index >= 15 is 0 Å². The summed E-state index contributed by atoms with van der Waals surface area (Å²) in [4.78, 5) is 27.1. The molecule has 0 radical (unpaired) electrons. The van der Waals surface area contributed by atoms with E-state index in [0.29, 0.717) is 26.2 Å². The molecule has 2 saturated heterocycles. The van der Waals surface area contributed by atoms with Gasteiger partial charge in [0.15, 0.2) is 0 Å². The molecule has 2 amide bonds. The second kappa shape index (κ2) is 6.95. The summed E-state index contributed by atoms with van der Waals surface area (Å²) in [5, 5.41) is 3.28. The first-order chi connectivity index (χ1) is 8.18. The predicted octanol–water partition coefficient (Wildman–Crippen LogP) is 0.241. The summed E-state index contributed by atoms with van der Waals surface area (Å²) < 4.78 is 0. The number of rotatable bonds is 1. The normalized spacial score (nSPS) is 24.4. The maximum absolute atomic E-state index is 12.2. The van der Waals surface area contributed by atoms with Gasteiger partial charge in [-0.3, -0.25) is 9.59 Å². The van der Waals surface area contributed by atoms with Crippen LogP contribution in [0.3, 0.4) is 0 Å². The van der Waals surface area contributed by atoms with Crippen molar-refractivity contribution in [1.82, 2.24) is 15.1 Å². The van der Waals surface area contributed by atoms with Gasteiger partial charge in [0.2, 0.25) is 11.8 Å². The van der Waals surface area contributed by atoms with Crippen LogP contribution >= 0.6 is 12.4 Å². The number of nitrogens with zero attached hydrogens (tertiary/aromatic N) is 2. The minimum atomic E-state index is 0. The van der Waals surface area contributed by atoms with Crippen LogP contribution in [0.5, 0.6) is 0 Å². The zero-order chi connectivity index (χ0) is 12.3. The molecule has 1 unspecified atom stereocenters. The molecule has 104 valence electrons. The molecule has 0 aromatic heterocycles. The summed E-state index contributed by atoms with van der Waals surface area (Å²) in [5.74, 6) is 0.320. The lowest BCUT2D eigenvalue weighted by Gasteiger charge is -2.36. The first-order valence-electron chi connectivity index (χ1n) is 6.46. The Hall–Kier alpha value is -0.810. The Bertz CT molecular complexity index is 298. The van der Waals surface area contributed by atoms with Gasteiger partial charge in [0.05, 0.1) is 6.04 Å². The van der Waals surface area contributed by atoms with Crippen LogP contribution in [0.1, 0.15) is 26.2 Å². The van der Waals surface area contributed by atoms with E-state index in [1.54, 1.807) is 11.8 Å². The van der Waals surface area contributed by atoms with Gasteiger partial charge in [0.25, 0.3) is 0 Å². The van der Waals surface area contributed by atoms with Crippen molar-refractivity contribution in [2.24, 2.45) is 0 Å². The van der Waals surface area contributed by atoms with Crippen molar-refractivity contribution in [2.75, 3.05) is 32.7 Å². The molecule has 0 bridgehead atoms. The molecule has 0 aliphatic carbocycles. The Labute approximate surface area is 114 Å². The van der Waals surface area contributed by atoms with Crippen molar-refractivity contribution in [3.8, 4) is 0 Å². The van der Waals surface area contributed by atoms with Crippen molar-refractivity contribution < 1.29 is 9.59 Å². The third-order valence-electron chi connectivity index (χ3n) is 3.65. The average molecular weight is 276 g/mol. The Morgan fingerprint density at radius 3 is 2.17 bits per heavy atom. The molecule has 2 fully saturated rings. The van der Waals surface area contributed by atoms with E-state index in [4.69, 9.17) is 0 Å². The van der Waals surface area contributed by atoms with E-state index in [9.17, 15) is 9.59 Å². The number of hydrogen-bond donors (Lipinski definition) is 1. The molecule has 1 N–H and O–H groups in total. The van der Waals surface area contributed by atoms with Crippen molar-refractivity contribution in [3.63, 3.8) is 0 Å². The second-order valence-electron chi connectivity index (χ2n) is 4.83. The lowest BCUT2D eigenvalue weighted by Crippen LogP contribution is -2.55. The van der Waals surface area contributed by atoms with E-state index in [2.05, 4.69) is 5.32 Å². The molecule has 0 aromatic rings. The molecule has 2 heterocycles. The first kappa shape index (κ1) is 15.2. The molecule has 18 heavy (non-hydrogen) atoms. The quantitative estimate of drug-likeness (QED) is 0.746. The molecule has 0 spiro atoms. The van der Waals surface area contributed by atoms with Gasteiger partial charge in [0.1, 0.15) is 0 Å². The molecule has 2 aliphatic rings. The number of carbonyl (C=O) groups is 2. The highest BCUT2D eigenvalue weighted by Gasteiger charge is 2.28. The van der Waals surface area contributed by atoms with Crippen LogP contribution in [-0.4, -0.2) is 60.4 Å². The van der Waals surface area contributed by atoms with Crippen molar-refractivity contribution in [1.29, 1.82) is 0 Å². The highest BCUT2D eigenvalue weighted by Crippen LogP contribution is 2.11. The first-order valence-corrected chi connectivity index (χ1v) is 6.46. The molecule has 0 aromatic carbocycles. The highest BCUT2D eigenvalue weighted by atomic mass is 35.5. The van der Waals surface area contributed by atoms with Crippen LogP contribution in [0.2, 0.25) is 0 Å². The Kier molecular flexibility index (Phi) is 5.88. The summed E-state index contributed by atoms with van der Waals surface area (Å²) in [7, 11) is 0. The maximum atomic E-state index is 12.2. The summed E-state index contributed by atoms with van der Waals surface area (Å²) in [6.07, 6.45) is 3.25. The van der Waals surface area contributed by atoms with Crippen LogP contribution in [0, 0.1) is 0 Å². The van der Waals surface area contributed by atoms with Crippen LogP contribution in [0.4, 0.5) is 0 Å². The number of amides is 2. The number of piperidine rings is 1. The smallest absolute Gasteiger partial charge is 0.239 e.